The smallest absolute Gasteiger partial charge is 0.176 e. The van der Waals surface area contributed by atoms with Gasteiger partial charge in [0.05, 0.1) is 6.61 Å². The van der Waals surface area contributed by atoms with Crippen LogP contribution < -0.4 is 10.5 Å². The van der Waals surface area contributed by atoms with E-state index < -0.39 is 0 Å². The third-order valence-corrected chi connectivity index (χ3v) is 2.70. The fourth-order valence-corrected chi connectivity index (χ4v) is 1.63. The van der Waals surface area contributed by atoms with Crippen LogP contribution in [0.3, 0.4) is 0 Å². The van der Waals surface area contributed by atoms with E-state index in [1.807, 2.05) is 19.1 Å². The third-order valence-electron chi connectivity index (χ3n) is 2.70. The van der Waals surface area contributed by atoms with Gasteiger partial charge in [-0.05, 0) is 31.2 Å². The van der Waals surface area contributed by atoms with Crippen LogP contribution in [0.4, 0.5) is 17.3 Å². The molecule has 116 valence electrons. The Kier molecular flexibility index (Phi) is 5.67. The molecule has 0 saturated heterocycles. The Labute approximate surface area is 128 Å². The molecule has 2 aromatic rings. The molecule has 0 bridgehead atoms. The van der Waals surface area contributed by atoms with Crippen molar-refractivity contribution in [3.05, 3.63) is 36.4 Å². The lowest BCUT2D eigenvalue weighted by Gasteiger charge is -2.07. The van der Waals surface area contributed by atoms with Crippen molar-refractivity contribution in [2.45, 2.75) is 6.92 Å². The van der Waals surface area contributed by atoms with Crippen molar-refractivity contribution < 1.29 is 14.6 Å². The monoisotopic (exact) mass is 302 g/mol. The first-order valence-electron chi connectivity index (χ1n) is 6.87. The summed E-state index contributed by atoms with van der Waals surface area (Å²) in [6.07, 6.45) is 0. The molecule has 0 saturated carbocycles. The average Bonchev–Trinajstić information content (AvgIpc) is 2.53. The van der Waals surface area contributed by atoms with Crippen LogP contribution in [0.15, 0.2) is 46.6 Å². The van der Waals surface area contributed by atoms with Crippen molar-refractivity contribution in [2.24, 2.45) is 10.2 Å². The van der Waals surface area contributed by atoms with E-state index in [1.165, 1.54) is 12.1 Å². The minimum atomic E-state index is -0.0846. The van der Waals surface area contributed by atoms with Gasteiger partial charge in [0, 0.05) is 6.61 Å². The van der Waals surface area contributed by atoms with Crippen LogP contribution in [-0.4, -0.2) is 29.9 Å². The highest BCUT2D eigenvalue weighted by Crippen LogP contribution is 2.29. The van der Waals surface area contributed by atoms with Crippen molar-refractivity contribution >= 4 is 17.3 Å². The topological polar surface area (TPSA) is 102 Å². The average molecular weight is 302 g/mol. The van der Waals surface area contributed by atoms with Crippen LogP contribution in [0, 0.1) is 0 Å². The van der Waals surface area contributed by atoms with Crippen molar-refractivity contribution in [3.8, 4) is 11.5 Å². The lowest BCUT2D eigenvalue weighted by atomic mass is 10.3. The number of benzene rings is 1. The molecule has 3 N–H and O–H groups in total. The van der Waals surface area contributed by atoms with Crippen LogP contribution in [-0.2, 0) is 4.74 Å². The number of pyridine rings is 1. The van der Waals surface area contributed by atoms with E-state index in [9.17, 15) is 5.11 Å². The van der Waals surface area contributed by atoms with Crippen molar-refractivity contribution in [1.82, 2.24) is 4.98 Å². The number of rotatable bonds is 7. The molecule has 2 rings (SSSR count). The zero-order valence-corrected chi connectivity index (χ0v) is 12.3. The van der Waals surface area contributed by atoms with Gasteiger partial charge in [0.25, 0.3) is 0 Å². The molecular formula is C15H18N4O3. The Morgan fingerprint density at radius 1 is 1.14 bits per heavy atom. The van der Waals surface area contributed by atoms with Gasteiger partial charge >= 0.3 is 0 Å². The highest BCUT2D eigenvalue weighted by atomic mass is 16.5. The predicted octanol–water partition coefficient (Wildman–Crippen LogP) is 3.20. The van der Waals surface area contributed by atoms with E-state index >= 15 is 0 Å². The summed E-state index contributed by atoms with van der Waals surface area (Å²) in [5, 5.41) is 17.4. The summed E-state index contributed by atoms with van der Waals surface area (Å²) in [7, 11) is 0. The number of azo groups is 1. The highest BCUT2D eigenvalue weighted by molar-refractivity contribution is 5.52. The summed E-state index contributed by atoms with van der Waals surface area (Å²) in [5.74, 6) is 0.841. The minimum absolute atomic E-state index is 0.0118. The Balaban J connectivity index is 2.08. The number of para-hydroxylation sites is 1. The number of nitrogens with zero attached hydrogens (tertiary/aromatic N) is 3. The number of anilines is 1. The molecule has 1 aromatic carbocycles. The second-order valence-corrected chi connectivity index (χ2v) is 4.29. The van der Waals surface area contributed by atoms with Crippen molar-refractivity contribution in [2.75, 3.05) is 25.6 Å². The lowest BCUT2D eigenvalue weighted by molar-refractivity contribution is 0.110. The molecule has 1 heterocycles. The van der Waals surface area contributed by atoms with Crippen LogP contribution in [0.2, 0.25) is 0 Å². The minimum Gasteiger partial charge on any atom is -0.504 e. The molecule has 0 unspecified atom stereocenters. The van der Waals surface area contributed by atoms with Gasteiger partial charge in [0.15, 0.2) is 17.4 Å². The summed E-state index contributed by atoms with van der Waals surface area (Å²) in [6, 6.07) is 10.2. The summed E-state index contributed by atoms with van der Waals surface area (Å²) >= 11 is 0. The fraction of sp³-hybridized carbons (Fsp3) is 0.267. The van der Waals surface area contributed by atoms with Crippen molar-refractivity contribution in [1.29, 1.82) is 0 Å². The Morgan fingerprint density at radius 3 is 2.73 bits per heavy atom. The van der Waals surface area contributed by atoms with Gasteiger partial charge in [-0.2, -0.15) is 0 Å². The Hall–Kier alpha value is -2.67. The van der Waals surface area contributed by atoms with Gasteiger partial charge in [-0.25, -0.2) is 4.98 Å². The van der Waals surface area contributed by atoms with Gasteiger partial charge < -0.3 is 20.3 Å². The third kappa shape index (κ3) is 4.42. The normalized spacial score (nSPS) is 11.0. The second kappa shape index (κ2) is 7.94. The van der Waals surface area contributed by atoms with Gasteiger partial charge in [-0.15, -0.1) is 10.2 Å². The van der Waals surface area contributed by atoms with Gasteiger partial charge in [0.2, 0.25) is 0 Å². The molecule has 1 aromatic heterocycles. The first kappa shape index (κ1) is 15.7. The second-order valence-electron chi connectivity index (χ2n) is 4.29. The molecule has 0 radical (unpaired) electrons. The molecule has 0 spiro atoms. The van der Waals surface area contributed by atoms with Crippen molar-refractivity contribution in [3.63, 3.8) is 0 Å². The van der Waals surface area contributed by atoms with Gasteiger partial charge in [-0.1, -0.05) is 12.1 Å². The molecule has 0 amide bonds. The largest absolute Gasteiger partial charge is 0.504 e. The number of hydrogen-bond donors (Lipinski definition) is 2. The van der Waals surface area contributed by atoms with Gasteiger partial charge in [0.1, 0.15) is 18.0 Å². The van der Waals surface area contributed by atoms with E-state index in [1.54, 1.807) is 12.1 Å². The first-order chi connectivity index (χ1) is 10.7. The maximum absolute atomic E-state index is 9.32. The summed E-state index contributed by atoms with van der Waals surface area (Å²) < 4.78 is 10.8. The molecule has 7 heteroatoms. The lowest BCUT2D eigenvalue weighted by Crippen LogP contribution is -2.06. The molecular weight excluding hydrogens is 284 g/mol. The molecule has 22 heavy (non-hydrogen) atoms. The summed E-state index contributed by atoms with van der Waals surface area (Å²) in [4.78, 5) is 3.91. The number of aromatic nitrogens is 1. The van der Waals surface area contributed by atoms with Crippen LogP contribution in [0.1, 0.15) is 6.92 Å². The van der Waals surface area contributed by atoms with Gasteiger partial charge in [-0.3, -0.25) is 0 Å². The zero-order chi connectivity index (χ0) is 15.8. The molecule has 0 fully saturated rings. The molecule has 0 atom stereocenters. The van der Waals surface area contributed by atoms with Crippen LogP contribution in [0.25, 0.3) is 0 Å². The van der Waals surface area contributed by atoms with E-state index in [0.29, 0.717) is 37.1 Å². The van der Waals surface area contributed by atoms with E-state index in [4.69, 9.17) is 15.2 Å². The SMILES string of the molecule is CCOCCOc1ccccc1/N=N/c1ccc(O)c(N)n1. The van der Waals surface area contributed by atoms with E-state index in [2.05, 4.69) is 15.2 Å². The van der Waals surface area contributed by atoms with E-state index in [-0.39, 0.29) is 11.6 Å². The maximum atomic E-state index is 9.32. The number of nitrogens with two attached hydrogens (primary N) is 1. The number of hydrogen-bond acceptors (Lipinski definition) is 7. The zero-order valence-electron chi connectivity index (χ0n) is 12.3. The van der Waals surface area contributed by atoms with E-state index in [0.717, 1.165) is 0 Å². The maximum Gasteiger partial charge on any atom is 0.176 e. The molecule has 0 aliphatic rings. The Morgan fingerprint density at radius 2 is 1.95 bits per heavy atom. The fourth-order valence-electron chi connectivity index (χ4n) is 1.63. The quantitative estimate of drug-likeness (QED) is 0.604. The van der Waals surface area contributed by atoms with Crippen LogP contribution in [0.5, 0.6) is 11.5 Å². The summed E-state index contributed by atoms with van der Waals surface area (Å²) in [6.45, 7) is 3.53. The molecule has 7 nitrogen and oxygen atoms in total. The Bertz CT molecular complexity index is 646. The highest BCUT2D eigenvalue weighted by Gasteiger charge is 2.03. The van der Waals surface area contributed by atoms with Crippen LogP contribution >= 0.6 is 0 Å². The predicted molar refractivity (Wildman–Crippen MR) is 82.9 cm³/mol. The number of aromatic hydroxyl groups is 1. The summed E-state index contributed by atoms with van der Waals surface area (Å²) in [5.41, 5.74) is 6.09. The number of ether oxygens (including phenoxy) is 2. The molecule has 0 aliphatic carbocycles. The number of nitrogen functional groups attached to an aromatic ring is 1. The first-order valence-corrected chi connectivity index (χ1v) is 6.87. The standard InChI is InChI=1S/C15H18N4O3/c1-2-21-9-10-22-13-6-4-3-5-11(13)18-19-14-8-7-12(20)15(16)17-14/h3-8,20H,2,9-10H2,1H3,(H2,16,17)/b19-18+. The molecule has 0 aliphatic heterocycles.